The van der Waals surface area contributed by atoms with Gasteiger partial charge in [0.25, 0.3) is 0 Å². The number of hydrogen-bond donors (Lipinski definition) is 1. The molecule has 6 heteroatoms. The largest absolute Gasteiger partial charge is 0.325 e. The van der Waals surface area contributed by atoms with Gasteiger partial charge in [0.05, 0.1) is 17.5 Å². The third-order valence-electron chi connectivity index (χ3n) is 4.31. The molecule has 0 saturated carbocycles. The third kappa shape index (κ3) is 3.22. The molecule has 0 radical (unpaired) electrons. The van der Waals surface area contributed by atoms with Crippen molar-refractivity contribution in [3.8, 4) is 0 Å². The summed E-state index contributed by atoms with van der Waals surface area (Å²) in [6, 6.07) is 7.30. The summed E-state index contributed by atoms with van der Waals surface area (Å²) in [4.78, 5) is 37.9. The first-order chi connectivity index (χ1) is 11.1. The molecular weight excluding hydrogens is 360 g/mol. The number of hydrogen-bond acceptors (Lipinski definition) is 3. The van der Waals surface area contributed by atoms with E-state index < -0.39 is 0 Å². The van der Waals surface area contributed by atoms with E-state index in [1.54, 1.807) is 6.07 Å². The van der Waals surface area contributed by atoms with Crippen molar-refractivity contribution in [1.82, 2.24) is 4.90 Å². The smallest absolute Gasteiger partial charge is 0.233 e. The van der Waals surface area contributed by atoms with Gasteiger partial charge in [-0.1, -0.05) is 24.3 Å². The lowest BCUT2D eigenvalue weighted by Gasteiger charge is -2.14. The van der Waals surface area contributed by atoms with E-state index in [9.17, 15) is 14.4 Å². The summed E-state index contributed by atoms with van der Waals surface area (Å²) in [5.41, 5.74) is 0.675. The number of nitrogens with zero attached hydrogens (tertiary/aromatic N) is 1. The molecule has 5 nitrogen and oxygen atoms in total. The predicted octanol–water partition coefficient (Wildman–Crippen LogP) is 2.73. The highest BCUT2D eigenvalue weighted by Gasteiger charge is 2.46. The van der Waals surface area contributed by atoms with Gasteiger partial charge < -0.3 is 5.32 Å². The van der Waals surface area contributed by atoms with Crippen molar-refractivity contribution in [1.29, 1.82) is 0 Å². The molecule has 3 rings (SSSR count). The summed E-state index contributed by atoms with van der Waals surface area (Å²) in [5.74, 6) is -0.973. The van der Waals surface area contributed by atoms with E-state index in [0.29, 0.717) is 18.5 Å². The molecule has 1 aliphatic heterocycles. The molecule has 0 spiro atoms. The molecule has 0 unspecified atom stereocenters. The Balaban J connectivity index is 1.58. The molecular formula is C17H17BrN2O3. The first-order valence-electron chi connectivity index (χ1n) is 7.62. The van der Waals surface area contributed by atoms with Crippen LogP contribution >= 0.6 is 15.9 Å². The number of carbonyl (C=O) groups excluding carboxylic acids is 3. The lowest BCUT2D eigenvalue weighted by Crippen LogP contribution is -2.34. The van der Waals surface area contributed by atoms with Gasteiger partial charge in [-0.25, -0.2) is 0 Å². The summed E-state index contributed by atoms with van der Waals surface area (Å²) in [6.07, 6.45) is 5.25. The Bertz CT molecular complexity index is 660. The van der Waals surface area contributed by atoms with Crippen LogP contribution in [0, 0.1) is 11.8 Å². The quantitative estimate of drug-likeness (QED) is 0.648. The molecule has 1 aromatic carbocycles. The number of anilines is 1. The predicted molar refractivity (Wildman–Crippen MR) is 89.5 cm³/mol. The second-order valence-electron chi connectivity index (χ2n) is 5.76. The zero-order valence-electron chi connectivity index (χ0n) is 12.5. The van der Waals surface area contributed by atoms with Gasteiger partial charge in [-0.3, -0.25) is 19.3 Å². The molecule has 1 saturated heterocycles. The van der Waals surface area contributed by atoms with Crippen LogP contribution < -0.4 is 5.32 Å². The Labute approximate surface area is 142 Å². The molecule has 1 aromatic rings. The lowest BCUT2D eigenvalue weighted by atomic mass is 9.85. The summed E-state index contributed by atoms with van der Waals surface area (Å²) in [5, 5.41) is 2.78. The molecule has 2 aliphatic rings. The van der Waals surface area contributed by atoms with E-state index in [1.165, 1.54) is 4.90 Å². The molecule has 0 aromatic heterocycles. The number of benzene rings is 1. The van der Waals surface area contributed by atoms with Crippen LogP contribution in [0.25, 0.3) is 0 Å². The molecule has 0 bridgehead atoms. The molecule has 2 atom stereocenters. The maximum atomic E-state index is 12.3. The molecule has 1 heterocycles. The van der Waals surface area contributed by atoms with Crippen LogP contribution in [0.4, 0.5) is 5.69 Å². The van der Waals surface area contributed by atoms with E-state index >= 15 is 0 Å². The van der Waals surface area contributed by atoms with E-state index in [1.807, 2.05) is 30.4 Å². The van der Waals surface area contributed by atoms with Gasteiger partial charge in [-0.05, 0) is 40.9 Å². The van der Waals surface area contributed by atoms with Crippen LogP contribution in [0.5, 0.6) is 0 Å². The molecule has 23 heavy (non-hydrogen) atoms. The third-order valence-corrected chi connectivity index (χ3v) is 5.00. The maximum absolute atomic E-state index is 12.3. The summed E-state index contributed by atoms with van der Waals surface area (Å²) >= 11 is 3.36. The minimum absolute atomic E-state index is 0.103. The topological polar surface area (TPSA) is 66.5 Å². The van der Waals surface area contributed by atoms with E-state index in [0.717, 1.165) is 4.47 Å². The second-order valence-corrected chi connectivity index (χ2v) is 6.62. The van der Waals surface area contributed by atoms with E-state index in [2.05, 4.69) is 21.2 Å². The summed E-state index contributed by atoms with van der Waals surface area (Å²) in [6.45, 7) is 0.140. The number of likely N-dealkylation sites (tertiary alicyclic amines) is 1. The van der Waals surface area contributed by atoms with E-state index in [4.69, 9.17) is 0 Å². The maximum Gasteiger partial charge on any atom is 0.233 e. The van der Waals surface area contributed by atoms with Crippen LogP contribution in [-0.4, -0.2) is 29.2 Å². The van der Waals surface area contributed by atoms with Crippen LogP contribution in [0.1, 0.15) is 19.3 Å². The average molecular weight is 377 g/mol. The first kappa shape index (κ1) is 15.9. The minimum atomic E-state index is -0.237. The van der Waals surface area contributed by atoms with Gasteiger partial charge in [-0.2, -0.15) is 0 Å². The number of fused-ring (bicyclic) bond motifs is 1. The second kappa shape index (κ2) is 6.66. The van der Waals surface area contributed by atoms with Crippen LogP contribution in [0.15, 0.2) is 40.9 Å². The highest BCUT2D eigenvalue weighted by Crippen LogP contribution is 2.35. The molecule has 1 aliphatic carbocycles. The Hall–Kier alpha value is -1.95. The summed E-state index contributed by atoms with van der Waals surface area (Å²) < 4.78 is 0.791. The SMILES string of the molecule is O=C(CCN1C(=O)[C@H]2CC=CC[C@H]2C1=O)Nc1ccccc1Br. The monoisotopic (exact) mass is 376 g/mol. The van der Waals surface area contributed by atoms with Gasteiger partial charge in [0.1, 0.15) is 0 Å². The van der Waals surface area contributed by atoms with Crippen LogP contribution in [-0.2, 0) is 14.4 Å². The lowest BCUT2D eigenvalue weighted by molar-refractivity contribution is -0.140. The number of amides is 3. The van der Waals surface area contributed by atoms with Gasteiger partial charge >= 0.3 is 0 Å². The number of carbonyl (C=O) groups is 3. The average Bonchev–Trinajstić information content (AvgIpc) is 2.80. The van der Waals surface area contributed by atoms with Crippen molar-refractivity contribution in [2.75, 3.05) is 11.9 Å². The Morgan fingerprint density at radius 3 is 2.35 bits per heavy atom. The zero-order valence-corrected chi connectivity index (χ0v) is 14.1. The Morgan fingerprint density at radius 2 is 1.74 bits per heavy atom. The van der Waals surface area contributed by atoms with Gasteiger partial charge in [0.15, 0.2) is 0 Å². The minimum Gasteiger partial charge on any atom is -0.325 e. The van der Waals surface area contributed by atoms with Crippen molar-refractivity contribution in [3.05, 3.63) is 40.9 Å². The standard InChI is InChI=1S/C17H17BrN2O3/c18-13-7-3-4-8-14(13)19-15(21)9-10-20-16(22)11-5-1-2-6-12(11)17(20)23/h1-4,7-8,11-12H,5-6,9-10H2,(H,19,21)/t11-,12+. The number of allylic oxidation sites excluding steroid dienone is 2. The normalized spacial score (nSPS) is 23.1. The Morgan fingerprint density at radius 1 is 1.13 bits per heavy atom. The van der Waals surface area contributed by atoms with Gasteiger partial charge in [-0.15, -0.1) is 0 Å². The number of nitrogens with one attached hydrogen (secondary N) is 1. The molecule has 120 valence electrons. The fraction of sp³-hybridized carbons (Fsp3) is 0.353. The summed E-state index contributed by atoms with van der Waals surface area (Å²) in [7, 11) is 0. The number of halogens is 1. The fourth-order valence-electron chi connectivity index (χ4n) is 3.08. The highest BCUT2D eigenvalue weighted by atomic mass is 79.9. The van der Waals surface area contributed by atoms with Crippen LogP contribution in [0.3, 0.4) is 0 Å². The van der Waals surface area contributed by atoms with Crippen molar-refractivity contribution in [3.63, 3.8) is 0 Å². The Kier molecular flexibility index (Phi) is 4.61. The van der Waals surface area contributed by atoms with Crippen molar-refractivity contribution < 1.29 is 14.4 Å². The van der Waals surface area contributed by atoms with Gasteiger partial charge in [0.2, 0.25) is 17.7 Å². The zero-order chi connectivity index (χ0) is 16.4. The van der Waals surface area contributed by atoms with Crippen LogP contribution in [0.2, 0.25) is 0 Å². The van der Waals surface area contributed by atoms with Crippen molar-refractivity contribution in [2.24, 2.45) is 11.8 Å². The number of rotatable bonds is 4. The fourth-order valence-corrected chi connectivity index (χ4v) is 3.46. The van der Waals surface area contributed by atoms with Gasteiger partial charge in [0, 0.05) is 17.4 Å². The van der Waals surface area contributed by atoms with Crippen molar-refractivity contribution in [2.45, 2.75) is 19.3 Å². The molecule has 1 N–H and O–H groups in total. The molecule has 3 amide bonds. The number of para-hydroxylation sites is 1. The van der Waals surface area contributed by atoms with Crippen molar-refractivity contribution >= 4 is 39.3 Å². The number of imide groups is 1. The first-order valence-corrected chi connectivity index (χ1v) is 8.42. The highest BCUT2D eigenvalue weighted by molar-refractivity contribution is 9.10. The molecule has 1 fully saturated rings. The van der Waals surface area contributed by atoms with E-state index in [-0.39, 0.29) is 42.5 Å².